The molecular formula is C14H19NO2. The second-order valence-electron chi connectivity index (χ2n) is 4.83. The molecule has 1 N–H and O–H groups in total. The molecule has 1 heterocycles. The first-order valence-electron chi connectivity index (χ1n) is 6.13. The van der Waals surface area contributed by atoms with Gasteiger partial charge in [-0.15, -0.1) is 0 Å². The number of carbonyl (C=O) groups excluding carboxylic acids is 1. The van der Waals surface area contributed by atoms with Gasteiger partial charge in [0.2, 0.25) is 0 Å². The van der Waals surface area contributed by atoms with E-state index in [4.69, 9.17) is 0 Å². The number of piperidine rings is 1. The van der Waals surface area contributed by atoms with Crippen LogP contribution in [0, 0.1) is 5.92 Å². The molecule has 0 saturated carbocycles. The monoisotopic (exact) mass is 233 g/mol. The summed E-state index contributed by atoms with van der Waals surface area (Å²) in [6, 6.07) is 7.32. The van der Waals surface area contributed by atoms with Crippen molar-refractivity contribution in [3.05, 3.63) is 35.4 Å². The zero-order valence-corrected chi connectivity index (χ0v) is 10.2. The van der Waals surface area contributed by atoms with Crippen LogP contribution in [0.2, 0.25) is 0 Å². The molecule has 0 bridgehead atoms. The van der Waals surface area contributed by atoms with Gasteiger partial charge in [0, 0.05) is 5.56 Å². The van der Waals surface area contributed by atoms with Crippen molar-refractivity contribution in [2.75, 3.05) is 20.1 Å². The Balaban J connectivity index is 2.13. The van der Waals surface area contributed by atoms with Crippen molar-refractivity contribution in [3.63, 3.8) is 0 Å². The molecule has 1 atom stereocenters. The Morgan fingerprint density at radius 3 is 2.65 bits per heavy atom. The van der Waals surface area contributed by atoms with Crippen LogP contribution in [-0.4, -0.2) is 36.4 Å². The van der Waals surface area contributed by atoms with E-state index in [2.05, 4.69) is 11.9 Å². The smallest absolute Gasteiger partial charge is 0.150 e. The quantitative estimate of drug-likeness (QED) is 0.810. The van der Waals surface area contributed by atoms with Gasteiger partial charge >= 0.3 is 0 Å². The fourth-order valence-electron chi connectivity index (χ4n) is 2.49. The number of nitrogens with zero attached hydrogens (tertiary/aromatic N) is 1. The van der Waals surface area contributed by atoms with Crippen molar-refractivity contribution >= 4 is 6.29 Å². The van der Waals surface area contributed by atoms with Crippen LogP contribution in [0.15, 0.2) is 24.3 Å². The predicted molar refractivity (Wildman–Crippen MR) is 67.0 cm³/mol. The molecule has 0 spiro atoms. The Hall–Kier alpha value is -1.19. The first-order chi connectivity index (χ1) is 8.22. The van der Waals surface area contributed by atoms with Gasteiger partial charge < -0.3 is 10.0 Å². The van der Waals surface area contributed by atoms with Crippen molar-refractivity contribution in [1.29, 1.82) is 0 Å². The third-order valence-electron chi connectivity index (χ3n) is 3.65. The maximum Gasteiger partial charge on any atom is 0.150 e. The van der Waals surface area contributed by atoms with Crippen LogP contribution in [0.3, 0.4) is 0 Å². The van der Waals surface area contributed by atoms with Gasteiger partial charge in [0.05, 0.1) is 6.10 Å². The Morgan fingerprint density at radius 2 is 2.00 bits per heavy atom. The molecule has 1 unspecified atom stereocenters. The number of rotatable bonds is 3. The minimum Gasteiger partial charge on any atom is -0.388 e. The van der Waals surface area contributed by atoms with Crippen molar-refractivity contribution in [3.8, 4) is 0 Å². The lowest BCUT2D eigenvalue weighted by Gasteiger charge is -2.32. The van der Waals surface area contributed by atoms with E-state index in [1.54, 1.807) is 6.07 Å². The summed E-state index contributed by atoms with van der Waals surface area (Å²) in [5, 5.41) is 10.4. The molecule has 1 aromatic rings. The van der Waals surface area contributed by atoms with Gasteiger partial charge in [-0.25, -0.2) is 0 Å². The van der Waals surface area contributed by atoms with Crippen molar-refractivity contribution in [2.24, 2.45) is 5.92 Å². The Morgan fingerprint density at radius 1 is 1.35 bits per heavy atom. The highest BCUT2D eigenvalue weighted by Crippen LogP contribution is 2.31. The molecule has 0 aromatic heterocycles. The highest BCUT2D eigenvalue weighted by atomic mass is 16.3. The number of aldehydes is 1. The summed E-state index contributed by atoms with van der Waals surface area (Å²) >= 11 is 0. The summed E-state index contributed by atoms with van der Waals surface area (Å²) in [4.78, 5) is 13.2. The van der Waals surface area contributed by atoms with Gasteiger partial charge in [-0.05, 0) is 44.5 Å². The number of hydrogen-bond donors (Lipinski definition) is 1. The largest absolute Gasteiger partial charge is 0.388 e. The zero-order chi connectivity index (χ0) is 12.3. The molecule has 1 aromatic carbocycles. The van der Waals surface area contributed by atoms with Crippen LogP contribution in [0.25, 0.3) is 0 Å². The van der Waals surface area contributed by atoms with E-state index in [-0.39, 0.29) is 5.92 Å². The number of aliphatic hydroxyl groups is 1. The van der Waals surface area contributed by atoms with Crippen LogP contribution in [0.1, 0.15) is 34.9 Å². The molecular weight excluding hydrogens is 214 g/mol. The number of aliphatic hydroxyl groups excluding tert-OH is 1. The standard InChI is InChI=1S/C14H19NO2/c1-15-8-6-11(7-9-15)14(17)13-5-3-2-4-12(13)10-16/h2-5,10-11,14,17H,6-9H2,1H3. The number of hydrogen-bond acceptors (Lipinski definition) is 3. The fraction of sp³-hybridized carbons (Fsp3) is 0.500. The van der Waals surface area contributed by atoms with Gasteiger partial charge in [0.15, 0.2) is 0 Å². The lowest BCUT2D eigenvalue weighted by Crippen LogP contribution is -2.32. The predicted octanol–water partition coefficient (Wildman–Crippen LogP) is 1.87. The number of likely N-dealkylation sites (tertiary alicyclic amines) is 1. The number of carbonyl (C=O) groups is 1. The molecule has 0 radical (unpaired) electrons. The molecule has 1 fully saturated rings. The fourth-order valence-corrected chi connectivity index (χ4v) is 2.49. The van der Waals surface area contributed by atoms with E-state index < -0.39 is 6.10 Å². The average Bonchev–Trinajstić information content (AvgIpc) is 2.39. The van der Waals surface area contributed by atoms with Gasteiger partial charge in [-0.1, -0.05) is 24.3 Å². The van der Waals surface area contributed by atoms with Gasteiger partial charge in [-0.3, -0.25) is 4.79 Å². The van der Waals surface area contributed by atoms with E-state index in [9.17, 15) is 9.90 Å². The van der Waals surface area contributed by atoms with E-state index in [0.717, 1.165) is 37.8 Å². The third kappa shape index (κ3) is 2.73. The van der Waals surface area contributed by atoms with E-state index in [1.807, 2.05) is 18.2 Å². The second-order valence-corrected chi connectivity index (χ2v) is 4.83. The minimum atomic E-state index is -0.509. The molecule has 1 saturated heterocycles. The topological polar surface area (TPSA) is 40.5 Å². The molecule has 0 aliphatic carbocycles. The highest BCUT2D eigenvalue weighted by molar-refractivity contribution is 5.77. The molecule has 1 aliphatic rings. The number of benzene rings is 1. The van der Waals surface area contributed by atoms with E-state index in [1.165, 1.54) is 0 Å². The molecule has 0 amide bonds. The molecule has 92 valence electrons. The van der Waals surface area contributed by atoms with Crippen LogP contribution in [-0.2, 0) is 0 Å². The first-order valence-corrected chi connectivity index (χ1v) is 6.13. The minimum absolute atomic E-state index is 0.271. The van der Waals surface area contributed by atoms with Gasteiger partial charge in [0.1, 0.15) is 6.29 Å². The average molecular weight is 233 g/mol. The summed E-state index contributed by atoms with van der Waals surface area (Å²) in [6.45, 7) is 2.04. The first kappa shape index (κ1) is 12.3. The Bertz CT molecular complexity index is 384. The summed E-state index contributed by atoms with van der Waals surface area (Å²) in [6.07, 6.45) is 2.30. The normalized spacial score (nSPS) is 20.1. The lowest BCUT2D eigenvalue weighted by atomic mass is 9.86. The maximum atomic E-state index is 10.9. The highest BCUT2D eigenvalue weighted by Gasteiger charge is 2.26. The maximum absolute atomic E-state index is 10.9. The SMILES string of the molecule is CN1CCC(C(O)c2ccccc2C=O)CC1. The van der Waals surface area contributed by atoms with Crippen LogP contribution >= 0.6 is 0 Å². The van der Waals surface area contributed by atoms with Crippen LogP contribution < -0.4 is 0 Å². The van der Waals surface area contributed by atoms with E-state index >= 15 is 0 Å². The molecule has 17 heavy (non-hydrogen) atoms. The van der Waals surface area contributed by atoms with Crippen molar-refractivity contribution in [2.45, 2.75) is 18.9 Å². The lowest BCUT2D eigenvalue weighted by molar-refractivity contribution is 0.0649. The van der Waals surface area contributed by atoms with Crippen molar-refractivity contribution in [1.82, 2.24) is 4.90 Å². The van der Waals surface area contributed by atoms with Gasteiger partial charge in [0.25, 0.3) is 0 Å². The molecule has 3 nitrogen and oxygen atoms in total. The summed E-state index contributed by atoms with van der Waals surface area (Å²) < 4.78 is 0. The third-order valence-corrected chi connectivity index (χ3v) is 3.65. The molecule has 1 aliphatic heterocycles. The Kier molecular flexibility index (Phi) is 3.92. The van der Waals surface area contributed by atoms with Crippen LogP contribution in [0.4, 0.5) is 0 Å². The van der Waals surface area contributed by atoms with Gasteiger partial charge in [-0.2, -0.15) is 0 Å². The second kappa shape index (κ2) is 5.43. The van der Waals surface area contributed by atoms with E-state index in [0.29, 0.717) is 5.56 Å². The molecule has 2 rings (SSSR count). The zero-order valence-electron chi connectivity index (χ0n) is 10.2. The van der Waals surface area contributed by atoms with Crippen LogP contribution in [0.5, 0.6) is 0 Å². The Labute approximate surface area is 102 Å². The van der Waals surface area contributed by atoms with Crippen molar-refractivity contribution < 1.29 is 9.90 Å². The summed E-state index contributed by atoms with van der Waals surface area (Å²) in [5.74, 6) is 0.271. The molecule has 3 heteroatoms. The summed E-state index contributed by atoms with van der Waals surface area (Å²) in [7, 11) is 2.10. The summed E-state index contributed by atoms with van der Waals surface area (Å²) in [5.41, 5.74) is 1.39.